The number of fused-ring (bicyclic) bond motifs is 1. The second-order valence-electron chi connectivity index (χ2n) is 6.37. The number of nitrogens with one attached hydrogen (secondary N) is 1. The van der Waals surface area contributed by atoms with Crippen molar-refractivity contribution in [3.8, 4) is 0 Å². The first-order valence-corrected chi connectivity index (χ1v) is 10.0. The molecule has 1 aliphatic carbocycles. The summed E-state index contributed by atoms with van der Waals surface area (Å²) in [6, 6.07) is 6.57. The van der Waals surface area contributed by atoms with Gasteiger partial charge in [0.1, 0.15) is 5.75 Å². The molecule has 0 aliphatic heterocycles. The van der Waals surface area contributed by atoms with Gasteiger partial charge in [0, 0.05) is 17.8 Å². The van der Waals surface area contributed by atoms with Gasteiger partial charge in [-0.3, -0.25) is 0 Å². The standard InChI is InChI=1S/C18H24F3NO3S/c1-3-5-10-26(24)22-17(11-13-8-6-7-9-14(13)17)18(20,21)12-15(19)16(23)25-4-2/h6-9,15,22H,3-5,10-12H2,1-2H3/t15?,17-,26-/m1/s1. The molecule has 1 aromatic carbocycles. The summed E-state index contributed by atoms with van der Waals surface area (Å²) in [6.45, 7) is 3.30. The molecule has 0 amide bonds. The average molecular weight is 391 g/mol. The summed E-state index contributed by atoms with van der Waals surface area (Å²) in [5.74, 6) is -4.69. The maximum Gasteiger partial charge on any atom is 0.340 e. The zero-order chi connectivity index (χ0) is 19.4. The van der Waals surface area contributed by atoms with Gasteiger partial charge in [-0.15, -0.1) is 4.72 Å². The van der Waals surface area contributed by atoms with Crippen LogP contribution < -0.4 is 4.72 Å². The second-order valence-corrected chi connectivity index (χ2v) is 7.68. The summed E-state index contributed by atoms with van der Waals surface area (Å²) >= 11 is -1.69. The number of benzene rings is 1. The number of halogens is 3. The lowest BCUT2D eigenvalue weighted by molar-refractivity contribution is -0.159. The molecule has 0 bridgehead atoms. The third-order valence-electron chi connectivity index (χ3n) is 4.51. The molecule has 26 heavy (non-hydrogen) atoms. The molecule has 1 aromatic rings. The van der Waals surface area contributed by atoms with Crippen LogP contribution in [0.15, 0.2) is 24.3 Å². The minimum Gasteiger partial charge on any atom is -0.598 e. The van der Waals surface area contributed by atoms with E-state index in [1.807, 2.05) is 6.92 Å². The molecule has 0 aromatic heterocycles. The number of ether oxygens (including phenoxy) is 1. The smallest absolute Gasteiger partial charge is 0.340 e. The van der Waals surface area contributed by atoms with Crippen molar-refractivity contribution < 1.29 is 27.3 Å². The zero-order valence-electron chi connectivity index (χ0n) is 14.9. The molecule has 0 radical (unpaired) electrons. The minimum absolute atomic E-state index is 0.0798. The number of esters is 1. The third-order valence-corrected chi connectivity index (χ3v) is 5.74. The zero-order valence-corrected chi connectivity index (χ0v) is 15.7. The summed E-state index contributed by atoms with van der Waals surface area (Å²) in [4.78, 5) is 11.5. The van der Waals surface area contributed by atoms with E-state index in [1.54, 1.807) is 18.2 Å². The van der Waals surface area contributed by atoms with Gasteiger partial charge in [-0.2, -0.15) is 0 Å². The fourth-order valence-electron chi connectivity index (χ4n) is 3.09. The van der Waals surface area contributed by atoms with E-state index < -0.39 is 41.4 Å². The van der Waals surface area contributed by atoms with Crippen LogP contribution in [0.5, 0.6) is 0 Å². The molecule has 146 valence electrons. The number of carbonyl (C=O) groups excluding carboxylic acids is 1. The van der Waals surface area contributed by atoms with E-state index in [2.05, 4.69) is 9.46 Å². The van der Waals surface area contributed by atoms with Crippen molar-refractivity contribution in [1.29, 1.82) is 0 Å². The molecule has 0 saturated heterocycles. The van der Waals surface area contributed by atoms with Crippen molar-refractivity contribution in [3.05, 3.63) is 35.4 Å². The molecule has 1 unspecified atom stereocenters. The Morgan fingerprint density at radius 2 is 2.12 bits per heavy atom. The first-order valence-electron chi connectivity index (χ1n) is 8.70. The van der Waals surface area contributed by atoms with E-state index in [9.17, 15) is 13.7 Å². The Labute approximate surface area is 154 Å². The molecule has 0 heterocycles. The third kappa shape index (κ3) is 4.18. The first kappa shape index (κ1) is 21.1. The predicted molar refractivity (Wildman–Crippen MR) is 94.0 cm³/mol. The van der Waals surface area contributed by atoms with Crippen LogP contribution in [-0.2, 0) is 32.9 Å². The van der Waals surface area contributed by atoms with Crippen LogP contribution in [0, 0.1) is 0 Å². The molecule has 4 nitrogen and oxygen atoms in total. The highest BCUT2D eigenvalue weighted by atomic mass is 32.2. The number of carbonyl (C=O) groups is 1. The van der Waals surface area contributed by atoms with E-state index in [-0.39, 0.29) is 18.8 Å². The van der Waals surface area contributed by atoms with Gasteiger partial charge < -0.3 is 9.29 Å². The van der Waals surface area contributed by atoms with Gasteiger partial charge in [0.25, 0.3) is 5.92 Å². The fourth-order valence-corrected chi connectivity index (χ4v) is 4.47. The minimum atomic E-state index is -3.62. The fraction of sp³-hybridized carbons (Fsp3) is 0.611. The summed E-state index contributed by atoms with van der Waals surface area (Å²) in [6.07, 6.45) is -2.44. The van der Waals surface area contributed by atoms with Crippen molar-refractivity contribution in [3.63, 3.8) is 0 Å². The quantitative estimate of drug-likeness (QED) is 0.490. The Morgan fingerprint density at radius 1 is 1.42 bits per heavy atom. The van der Waals surface area contributed by atoms with Crippen molar-refractivity contribution in [2.45, 2.75) is 57.2 Å². The van der Waals surface area contributed by atoms with Crippen LogP contribution in [-0.4, -0.2) is 35.0 Å². The highest BCUT2D eigenvalue weighted by Crippen LogP contribution is 2.51. The molecule has 8 heteroatoms. The van der Waals surface area contributed by atoms with Crippen LogP contribution in [0.1, 0.15) is 44.2 Å². The lowest BCUT2D eigenvalue weighted by Gasteiger charge is -2.48. The summed E-state index contributed by atoms with van der Waals surface area (Å²) in [7, 11) is 0. The van der Waals surface area contributed by atoms with Crippen LogP contribution >= 0.6 is 0 Å². The SMILES string of the molecule is CCCC[S@@+]([O-])N[C@]1(C(F)(F)CC(F)C(=O)OCC)Cc2ccccc21. The number of unbranched alkanes of at least 4 members (excludes halogenated alkanes) is 1. The number of hydrogen-bond donors (Lipinski definition) is 1. The monoisotopic (exact) mass is 391 g/mol. The van der Waals surface area contributed by atoms with E-state index >= 15 is 8.78 Å². The van der Waals surface area contributed by atoms with E-state index in [4.69, 9.17) is 0 Å². The topological polar surface area (TPSA) is 61.4 Å². The normalized spacial score (nSPS) is 21.5. The van der Waals surface area contributed by atoms with Gasteiger partial charge in [-0.1, -0.05) is 37.6 Å². The van der Waals surface area contributed by atoms with Gasteiger partial charge in [0.15, 0.2) is 5.54 Å². The first-order chi connectivity index (χ1) is 12.3. The molecule has 3 atom stereocenters. The van der Waals surface area contributed by atoms with Gasteiger partial charge >= 0.3 is 5.97 Å². The number of rotatable bonds is 10. The average Bonchev–Trinajstić information content (AvgIpc) is 2.57. The summed E-state index contributed by atoms with van der Waals surface area (Å²) < 4.78 is 63.5. The second kappa shape index (κ2) is 8.63. The van der Waals surface area contributed by atoms with Crippen LogP contribution in [0.3, 0.4) is 0 Å². The molecular weight excluding hydrogens is 367 g/mol. The van der Waals surface area contributed by atoms with Gasteiger partial charge in [0.05, 0.1) is 13.0 Å². The Bertz CT molecular complexity index is 631. The predicted octanol–water partition coefficient (Wildman–Crippen LogP) is 3.42. The lowest BCUT2D eigenvalue weighted by Crippen LogP contribution is -2.64. The number of alkyl halides is 3. The molecule has 0 saturated carbocycles. The van der Waals surface area contributed by atoms with Crippen LogP contribution in [0.2, 0.25) is 0 Å². The van der Waals surface area contributed by atoms with Crippen molar-refractivity contribution >= 4 is 17.3 Å². The highest BCUT2D eigenvalue weighted by Gasteiger charge is 2.64. The molecule has 0 fully saturated rings. The Kier molecular flexibility index (Phi) is 6.99. The summed E-state index contributed by atoms with van der Waals surface area (Å²) in [5.41, 5.74) is -0.955. The number of hydrogen-bond acceptors (Lipinski definition) is 4. The van der Waals surface area contributed by atoms with Crippen molar-refractivity contribution in [2.24, 2.45) is 0 Å². The molecule has 1 aliphatic rings. The molecular formula is C18H24F3NO3S. The Morgan fingerprint density at radius 3 is 2.73 bits per heavy atom. The van der Waals surface area contributed by atoms with Gasteiger partial charge in [-0.25, -0.2) is 18.0 Å². The van der Waals surface area contributed by atoms with Crippen molar-refractivity contribution in [2.75, 3.05) is 12.4 Å². The maximum atomic E-state index is 15.1. The van der Waals surface area contributed by atoms with Crippen LogP contribution in [0.25, 0.3) is 0 Å². The highest BCUT2D eigenvalue weighted by molar-refractivity contribution is 7.89. The largest absolute Gasteiger partial charge is 0.598 e. The van der Waals surface area contributed by atoms with E-state index in [0.717, 1.165) is 6.42 Å². The van der Waals surface area contributed by atoms with Gasteiger partial charge in [0.2, 0.25) is 6.17 Å². The lowest BCUT2D eigenvalue weighted by atomic mass is 9.66. The summed E-state index contributed by atoms with van der Waals surface area (Å²) in [5, 5.41) is 0. The Balaban J connectivity index is 2.25. The van der Waals surface area contributed by atoms with E-state index in [0.29, 0.717) is 17.5 Å². The van der Waals surface area contributed by atoms with E-state index in [1.165, 1.54) is 13.0 Å². The van der Waals surface area contributed by atoms with Crippen LogP contribution in [0.4, 0.5) is 13.2 Å². The molecule has 2 rings (SSSR count). The van der Waals surface area contributed by atoms with Gasteiger partial charge in [-0.05, 0) is 24.5 Å². The van der Waals surface area contributed by atoms with Crippen molar-refractivity contribution in [1.82, 2.24) is 4.72 Å². The molecule has 0 spiro atoms. The maximum absolute atomic E-state index is 15.1. The Hall–Kier alpha value is -1.25. The molecule has 1 N–H and O–H groups in total.